The highest BCUT2D eigenvalue weighted by molar-refractivity contribution is 8.00. The van der Waals surface area contributed by atoms with Gasteiger partial charge in [-0.2, -0.15) is 0 Å². The van der Waals surface area contributed by atoms with Crippen molar-refractivity contribution in [3.8, 4) is 5.69 Å². The highest BCUT2D eigenvalue weighted by Gasteiger charge is 2.24. The first-order chi connectivity index (χ1) is 24.7. The minimum atomic E-state index is -0.521. The van der Waals surface area contributed by atoms with Gasteiger partial charge in [0, 0.05) is 23.2 Å². The van der Waals surface area contributed by atoms with E-state index in [9.17, 15) is 19.2 Å². The molecule has 10 heteroatoms. The molecule has 256 valence electrons. The second-order valence-electron chi connectivity index (χ2n) is 11.9. The van der Waals surface area contributed by atoms with Gasteiger partial charge in [-0.3, -0.25) is 23.9 Å². The number of anilines is 2. The molecule has 0 fully saturated rings. The lowest BCUT2D eigenvalue weighted by atomic mass is 10.0. The molecule has 0 saturated heterocycles. The second-order valence-corrected chi connectivity index (χ2v) is 13.1. The van der Waals surface area contributed by atoms with Crippen molar-refractivity contribution in [1.82, 2.24) is 14.7 Å². The van der Waals surface area contributed by atoms with Gasteiger partial charge in [-0.15, -0.1) is 11.8 Å². The zero-order valence-corrected chi connectivity index (χ0v) is 29.2. The number of para-hydroxylation sites is 1. The number of fused-ring (bicyclic) bond motifs is 1. The lowest BCUT2D eigenvalue weighted by Crippen LogP contribution is -2.30. The third-order valence-corrected chi connectivity index (χ3v) is 9.85. The van der Waals surface area contributed by atoms with Gasteiger partial charge in [-0.1, -0.05) is 91.9 Å². The van der Waals surface area contributed by atoms with Crippen LogP contribution >= 0.6 is 11.8 Å². The molecule has 0 spiro atoms. The SMILES string of the molecule is CCC(Sc1cccc(NC(=O)/C(=C\c2cccc3ccccc23)NC(=O)c2ccccc2)c1)C(=O)Nc1c(C)n(C)n(-c2ccccc2)c1=O. The number of rotatable bonds is 11. The lowest BCUT2D eigenvalue weighted by molar-refractivity contribution is -0.116. The second kappa shape index (κ2) is 15.6. The van der Waals surface area contributed by atoms with Crippen LogP contribution < -0.4 is 21.5 Å². The maximum atomic E-state index is 13.8. The van der Waals surface area contributed by atoms with E-state index in [1.54, 1.807) is 67.2 Å². The fraction of sp³-hybridized carbons (Fsp3) is 0.122. The zero-order chi connectivity index (χ0) is 35.9. The van der Waals surface area contributed by atoms with Gasteiger partial charge >= 0.3 is 0 Å². The zero-order valence-electron chi connectivity index (χ0n) is 28.4. The molecule has 1 aromatic heterocycles. The number of nitrogens with one attached hydrogen (secondary N) is 3. The van der Waals surface area contributed by atoms with Gasteiger partial charge in [-0.25, -0.2) is 4.68 Å². The Hall–Kier alpha value is -6.13. The normalized spacial score (nSPS) is 11.9. The monoisotopic (exact) mass is 695 g/mol. The van der Waals surface area contributed by atoms with E-state index in [1.165, 1.54) is 16.4 Å². The third-order valence-electron chi connectivity index (χ3n) is 8.49. The van der Waals surface area contributed by atoms with Crippen molar-refractivity contribution in [3.63, 3.8) is 0 Å². The quantitative estimate of drug-likeness (QED) is 0.0957. The van der Waals surface area contributed by atoms with Crippen LogP contribution in [-0.4, -0.2) is 32.3 Å². The number of aromatic nitrogens is 2. The molecule has 0 saturated carbocycles. The van der Waals surface area contributed by atoms with Crippen LogP contribution in [0.25, 0.3) is 22.5 Å². The van der Waals surface area contributed by atoms with Gasteiger partial charge in [0.05, 0.1) is 16.6 Å². The molecule has 0 aliphatic carbocycles. The molecule has 0 bridgehead atoms. The fourth-order valence-corrected chi connectivity index (χ4v) is 6.74. The Morgan fingerprint density at radius 3 is 2.22 bits per heavy atom. The van der Waals surface area contributed by atoms with E-state index in [2.05, 4.69) is 16.0 Å². The molecular weight excluding hydrogens is 659 g/mol. The summed E-state index contributed by atoms with van der Waals surface area (Å²) < 4.78 is 3.25. The molecule has 1 heterocycles. The molecule has 3 amide bonds. The predicted octanol–water partition coefficient (Wildman–Crippen LogP) is 7.56. The number of hydrogen-bond acceptors (Lipinski definition) is 5. The Morgan fingerprint density at radius 1 is 0.804 bits per heavy atom. The molecule has 51 heavy (non-hydrogen) atoms. The number of hydrogen-bond donors (Lipinski definition) is 3. The summed E-state index contributed by atoms with van der Waals surface area (Å²) in [5, 5.41) is 10.0. The first-order valence-electron chi connectivity index (χ1n) is 16.5. The molecule has 9 nitrogen and oxygen atoms in total. The largest absolute Gasteiger partial charge is 0.321 e. The first kappa shape index (κ1) is 34.7. The molecular formula is C41H37N5O4S. The Balaban J connectivity index is 1.21. The van der Waals surface area contributed by atoms with Gasteiger partial charge in [0.25, 0.3) is 17.4 Å². The van der Waals surface area contributed by atoms with Crippen LogP contribution in [0.1, 0.15) is 35.0 Å². The van der Waals surface area contributed by atoms with Crippen molar-refractivity contribution in [2.24, 2.45) is 7.05 Å². The van der Waals surface area contributed by atoms with Crippen molar-refractivity contribution in [2.45, 2.75) is 30.4 Å². The fourth-order valence-electron chi connectivity index (χ4n) is 5.72. The number of nitrogens with zero attached hydrogens (tertiary/aromatic N) is 2. The molecule has 1 unspecified atom stereocenters. The van der Waals surface area contributed by atoms with Crippen molar-refractivity contribution < 1.29 is 14.4 Å². The third kappa shape index (κ3) is 7.87. The van der Waals surface area contributed by atoms with E-state index < -0.39 is 17.1 Å². The highest BCUT2D eigenvalue weighted by atomic mass is 32.2. The summed E-state index contributed by atoms with van der Waals surface area (Å²) >= 11 is 1.33. The van der Waals surface area contributed by atoms with E-state index in [4.69, 9.17) is 0 Å². The van der Waals surface area contributed by atoms with E-state index in [0.717, 1.165) is 21.2 Å². The van der Waals surface area contributed by atoms with E-state index in [-0.39, 0.29) is 22.9 Å². The van der Waals surface area contributed by atoms with Gasteiger partial charge in [-0.05, 0) is 78.2 Å². The smallest absolute Gasteiger partial charge is 0.295 e. The summed E-state index contributed by atoms with van der Waals surface area (Å²) in [6.45, 7) is 3.70. The van der Waals surface area contributed by atoms with Gasteiger partial charge in [0.2, 0.25) is 5.91 Å². The standard InChI is InChI=1S/C41H37N5O4S/c1-4-36(40(49)44-37-27(2)45(3)46(41(37)50)32-21-9-6-10-22-32)51-33-23-14-20-31(26-33)42-39(48)35(43-38(47)29-16-7-5-8-17-29)25-30-19-13-18-28-15-11-12-24-34(28)30/h5-26,36H,4H2,1-3H3,(H,42,48)(H,43,47)(H,44,49)/b35-25+. The van der Waals surface area contributed by atoms with Crippen LogP contribution in [0.2, 0.25) is 0 Å². The summed E-state index contributed by atoms with van der Waals surface area (Å²) in [5.41, 5.74) is 3.00. The molecule has 6 rings (SSSR count). The number of thioether (sulfide) groups is 1. The van der Waals surface area contributed by atoms with E-state index >= 15 is 0 Å². The molecule has 3 N–H and O–H groups in total. The molecule has 0 aliphatic heterocycles. The first-order valence-corrected chi connectivity index (χ1v) is 17.4. The van der Waals surface area contributed by atoms with Crippen LogP contribution in [0.4, 0.5) is 11.4 Å². The van der Waals surface area contributed by atoms with Crippen molar-refractivity contribution >= 4 is 57.7 Å². The average molecular weight is 696 g/mol. The summed E-state index contributed by atoms with van der Waals surface area (Å²) in [5.74, 6) is -1.22. The summed E-state index contributed by atoms with van der Waals surface area (Å²) in [4.78, 5) is 54.7. The Morgan fingerprint density at radius 2 is 1.47 bits per heavy atom. The van der Waals surface area contributed by atoms with E-state index in [1.807, 2.05) is 91.9 Å². The molecule has 0 aliphatic rings. The van der Waals surface area contributed by atoms with Crippen molar-refractivity contribution in [2.75, 3.05) is 10.6 Å². The topological polar surface area (TPSA) is 114 Å². The average Bonchev–Trinajstić information content (AvgIpc) is 3.36. The maximum Gasteiger partial charge on any atom is 0.295 e. The Kier molecular flexibility index (Phi) is 10.6. The van der Waals surface area contributed by atoms with Gasteiger partial charge in [0.15, 0.2) is 0 Å². The van der Waals surface area contributed by atoms with Crippen molar-refractivity contribution in [1.29, 1.82) is 0 Å². The molecule has 1 atom stereocenters. The molecule has 6 aromatic rings. The summed E-state index contributed by atoms with van der Waals surface area (Å²) in [6, 6.07) is 38.8. The van der Waals surface area contributed by atoms with Crippen LogP contribution in [0.3, 0.4) is 0 Å². The van der Waals surface area contributed by atoms with Crippen LogP contribution in [0, 0.1) is 6.92 Å². The minimum absolute atomic E-state index is 0.0727. The van der Waals surface area contributed by atoms with Gasteiger partial charge < -0.3 is 16.0 Å². The summed E-state index contributed by atoms with van der Waals surface area (Å²) in [6.07, 6.45) is 2.17. The summed E-state index contributed by atoms with van der Waals surface area (Å²) in [7, 11) is 1.78. The number of amides is 3. The van der Waals surface area contributed by atoms with Crippen LogP contribution in [0.15, 0.2) is 143 Å². The van der Waals surface area contributed by atoms with Crippen LogP contribution in [0.5, 0.6) is 0 Å². The highest BCUT2D eigenvalue weighted by Crippen LogP contribution is 2.29. The number of carbonyl (C=O) groups is 3. The predicted molar refractivity (Wildman–Crippen MR) is 205 cm³/mol. The Bertz CT molecular complexity index is 2310. The lowest BCUT2D eigenvalue weighted by Gasteiger charge is -2.16. The minimum Gasteiger partial charge on any atom is -0.321 e. The van der Waals surface area contributed by atoms with Crippen LogP contribution in [-0.2, 0) is 16.6 Å². The van der Waals surface area contributed by atoms with Crippen molar-refractivity contribution in [3.05, 3.63) is 160 Å². The molecule has 5 aromatic carbocycles. The van der Waals surface area contributed by atoms with Gasteiger partial charge in [0.1, 0.15) is 11.4 Å². The molecule has 0 radical (unpaired) electrons. The number of carbonyl (C=O) groups excluding carboxylic acids is 3. The maximum absolute atomic E-state index is 13.8. The van der Waals surface area contributed by atoms with E-state index in [0.29, 0.717) is 29.1 Å². The Labute approximate surface area is 300 Å². The number of benzene rings is 5.